The summed E-state index contributed by atoms with van der Waals surface area (Å²) >= 11 is 1.71. The molecule has 0 saturated heterocycles. The molecule has 1 rings (SSSR count). The van der Waals surface area contributed by atoms with Crippen LogP contribution in [0, 0.1) is 18.8 Å². The van der Waals surface area contributed by atoms with Gasteiger partial charge in [0.25, 0.3) is 5.91 Å². The molecule has 1 atom stereocenters. The maximum absolute atomic E-state index is 12.2. The van der Waals surface area contributed by atoms with Gasteiger partial charge >= 0.3 is 0 Å². The van der Waals surface area contributed by atoms with Crippen molar-refractivity contribution in [2.45, 2.75) is 26.3 Å². The average Bonchev–Trinajstić information content (AvgIpc) is 2.38. The molecule has 0 fully saturated rings. The molecule has 1 aromatic rings. The van der Waals surface area contributed by atoms with Gasteiger partial charge in [0.1, 0.15) is 0 Å². The maximum Gasteiger partial charge on any atom is 0.251 e. The molecule has 1 unspecified atom stereocenters. The van der Waals surface area contributed by atoms with E-state index in [1.807, 2.05) is 32.2 Å². The molecule has 1 aromatic carbocycles. The monoisotopic (exact) mass is 291 g/mol. The summed E-state index contributed by atoms with van der Waals surface area (Å²) in [6, 6.07) is 5.73. The van der Waals surface area contributed by atoms with E-state index in [2.05, 4.69) is 17.2 Å². The number of rotatable bonds is 5. The van der Waals surface area contributed by atoms with Gasteiger partial charge in [-0.2, -0.15) is 11.8 Å². The summed E-state index contributed by atoms with van der Waals surface area (Å²) in [5.74, 6) is 6.66. The van der Waals surface area contributed by atoms with Crippen LogP contribution in [0.5, 0.6) is 0 Å². The highest BCUT2D eigenvalue weighted by atomic mass is 32.2. The first kappa shape index (κ1) is 16.6. The van der Waals surface area contributed by atoms with Gasteiger partial charge in [-0.3, -0.25) is 4.79 Å². The van der Waals surface area contributed by atoms with E-state index in [0.717, 1.165) is 16.9 Å². The number of carbonyl (C=O) groups is 1. The zero-order chi connectivity index (χ0) is 15.0. The molecule has 0 spiro atoms. The van der Waals surface area contributed by atoms with Gasteiger partial charge in [-0.05, 0) is 43.9 Å². The molecular weight excluding hydrogens is 270 g/mol. The van der Waals surface area contributed by atoms with Crippen molar-refractivity contribution in [2.75, 3.05) is 18.6 Å². The molecule has 0 aliphatic rings. The normalized spacial score (nSPS) is 11.4. The highest BCUT2D eigenvalue weighted by Crippen LogP contribution is 2.10. The zero-order valence-electron chi connectivity index (χ0n) is 12.2. The molecule has 1 amide bonds. The molecule has 0 radical (unpaired) electrons. The summed E-state index contributed by atoms with van der Waals surface area (Å²) in [5, 5.41) is 11.7. The number of aliphatic hydroxyl groups excluding tert-OH is 1. The third-order valence-corrected chi connectivity index (χ3v) is 3.44. The van der Waals surface area contributed by atoms with Crippen molar-refractivity contribution in [1.29, 1.82) is 0 Å². The highest BCUT2D eigenvalue weighted by molar-refractivity contribution is 7.98. The maximum atomic E-state index is 12.2. The molecule has 20 heavy (non-hydrogen) atoms. The summed E-state index contributed by atoms with van der Waals surface area (Å²) in [4.78, 5) is 12.2. The van der Waals surface area contributed by atoms with Crippen LogP contribution in [0.3, 0.4) is 0 Å². The molecule has 0 bridgehead atoms. The number of benzene rings is 1. The van der Waals surface area contributed by atoms with Crippen molar-refractivity contribution in [2.24, 2.45) is 0 Å². The number of aryl methyl sites for hydroxylation is 1. The van der Waals surface area contributed by atoms with E-state index in [1.165, 1.54) is 0 Å². The second kappa shape index (κ2) is 8.68. The average molecular weight is 291 g/mol. The lowest BCUT2D eigenvalue weighted by Gasteiger charge is -2.13. The highest BCUT2D eigenvalue weighted by Gasteiger charge is 2.10. The van der Waals surface area contributed by atoms with Gasteiger partial charge in [-0.1, -0.05) is 11.8 Å². The fourth-order valence-corrected chi connectivity index (χ4v) is 2.39. The van der Waals surface area contributed by atoms with E-state index in [0.29, 0.717) is 12.0 Å². The first-order valence-electron chi connectivity index (χ1n) is 6.58. The molecule has 0 saturated carbocycles. The van der Waals surface area contributed by atoms with E-state index in [9.17, 15) is 4.79 Å². The van der Waals surface area contributed by atoms with Gasteiger partial charge in [0.15, 0.2) is 0 Å². The van der Waals surface area contributed by atoms with Crippen LogP contribution in [0.1, 0.15) is 34.8 Å². The molecule has 0 aromatic heterocycles. The van der Waals surface area contributed by atoms with Crippen LogP contribution in [0.4, 0.5) is 0 Å². The number of hydrogen-bond acceptors (Lipinski definition) is 3. The van der Waals surface area contributed by atoms with E-state index in [1.54, 1.807) is 17.8 Å². The lowest BCUT2D eigenvalue weighted by molar-refractivity contribution is 0.0943. The smallest absolute Gasteiger partial charge is 0.251 e. The molecule has 108 valence electrons. The minimum atomic E-state index is -0.0690. The second-order valence-electron chi connectivity index (χ2n) is 4.69. The van der Waals surface area contributed by atoms with Gasteiger partial charge in [0.2, 0.25) is 0 Å². The molecule has 0 heterocycles. The number of aliphatic hydroxyl groups is 1. The lowest BCUT2D eigenvalue weighted by atomic mass is 10.1. The minimum absolute atomic E-state index is 0.0539. The van der Waals surface area contributed by atoms with E-state index < -0.39 is 0 Å². The van der Waals surface area contributed by atoms with Crippen molar-refractivity contribution >= 4 is 17.7 Å². The minimum Gasteiger partial charge on any atom is -0.395 e. The number of hydrogen-bond donors (Lipinski definition) is 2. The summed E-state index contributed by atoms with van der Waals surface area (Å²) in [6.45, 7) is 3.99. The predicted octanol–water partition coefficient (Wildman–Crippen LogP) is 2.21. The zero-order valence-corrected chi connectivity index (χ0v) is 13.0. The first-order chi connectivity index (χ1) is 9.56. The van der Waals surface area contributed by atoms with Crippen LogP contribution >= 0.6 is 11.8 Å². The van der Waals surface area contributed by atoms with Gasteiger partial charge in [0, 0.05) is 29.3 Å². The SMILES string of the molecule is CSCC(C)NC(=O)c1cc(C)cc(C#CCCO)c1. The van der Waals surface area contributed by atoms with Crippen LogP contribution in [0.25, 0.3) is 0 Å². The Kier molecular flexibility index (Phi) is 7.21. The van der Waals surface area contributed by atoms with Gasteiger partial charge in [0.05, 0.1) is 6.61 Å². The largest absolute Gasteiger partial charge is 0.395 e. The van der Waals surface area contributed by atoms with Crippen LogP contribution in [-0.4, -0.2) is 35.7 Å². The Labute approximate surface area is 125 Å². The Bertz CT molecular complexity index is 517. The Hall–Kier alpha value is -1.44. The molecule has 0 aliphatic heterocycles. The Morgan fingerprint density at radius 3 is 2.85 bits per heavy atom. The Balaban J connectivity index is 2.85. The topological polar surface area (TPSA) is 49.3 Å². The van der Waals surface area contributed by atoms with Crippen molar-refractivity contribution in [3.05, 3.63) is 34.9 Å². The van der Waals surface area contributed by atoms with E-state index in [4.69, 9.17) is 5.11 Å². The van der Waals surface area contributed by atoms with Crippen LogP contribution in [-0.2, 0) is 0 Å². The van der Waals surface area contributed by atoms with Gasteiger partial charge < -0.3 is 10.4 Å². The van der Waals surface area contributed by atoms with Crippen molar-refractivity contribution in [1.82, 2.24) is 5.32 Å². The molecule has 0 aliphatic carbocycles. The predicted molar refractivity (Wildman–Crippen MR) is 85.1 cm³/mol. The molecule has 3 nitrogen and oxygen atoms in total. The third-order valence-electron chi connectivity index (χ3n) is 2.60. The van der Waals surface area contributed by atoms with E-state index in [-0.39, 0.29) is 18.6 Å². The Morgan fingerprint density at radius 1 is 1.45 bits per heavy atom. The van der Waals surface area contributed by atoms with Crippen LogP contribution in [0.15, 0.2) is 18.2 Å². The lowest BCUT2D eigenvalue weighted by Crippen LogP contribution is -2.34. The fraction of sp³-hybridized carbons (Fsp3) is 0.438. The number of amides is 1. The first-order valence-corrected chi connectivity index (χ1v) is 7.97. The van der Waals surface area contributed by atoms with E-state index >= 15 is 0 Å². The van der Waals surface area contributed by atoms with Crippen LogP contribution in [0.2, 0.25) is 0 Å². The second-order valence-corrected chi connectivity index (χ2v) is 5.60. The summed E-state index contributed by atoms with van der Waals surface area (Å²) in [5.41, 5.74) is 2.44. The van der Waals surface area contributed by atoms with Gasteiger partial charge in [-0.15, -0.1) is 0 Å². The summed E-state index contributed by atoms with van der Waals surface area (Å²) in [7, 11) is 0. The molecule has 2 N–H and O–H groups in total. The third kappa shape index (κ3) is 5.68. The Morgan fingerprint density at radius 2 is 2.20 bits per heavy atom. The van der Waals surface area contributed by atoms with Crippen LogP contribution < -0.4 is 5.32 Å². The molecule has 4 heteroatoms. The number of nitrogens with one attached hydrogen (secondary N) is 1. The standard InChI is InChI=1S/C16H21NO2S/c1-12-8-14(6-4-5-7-18)10-15(9-12)16(19)17-13(2)11-20-3/h8-10,13,18H,5,7,11H2,1-3H3,(H,17,19). The van der Waals surface area contributed by atoms with Gasteiger partial charge in [-0.25, -0.2) is 0 Å². The quantitative estimate of drug-likeness (QED) is 0.818. The fourth-order valence-electron chi connectivity index (χ4n) is 1.81. The summed E-state index contributed by atoms with van der Waals surface area (Å²) < 4.78 is 0. The van der Waals surface area contributed by atoms with Crippen molar-refractivity contribution < 1.29 is 9.90 Å². The van der Waals surface area contributed by atoms with Crippen molar-refractivity contribution in [3.63, 3.8) is 0 Å². The molecular formula is C16H21NO2S. The summed E-state index contributed by atoms with van der Waals surface area (Å²) in [6.07, 6.45) is 2.46. The van der Waals surface area contributed by atoms with Crippen molar-refractivity contribution in [3.8, 4) is 11.8 Å². The number of carbonyl (C=O) groups excluding carboxylic acids is 1. The number of thioether (sulfide) groups is 1.